The smallest absolute Gasteiger partial charge is 0.272 e. The number of ether oxygens (including phenoxy) is 2. The van der Waals surface area contributed by atoms with E-state index in [0.717, 1.165) is 16.3 Å². The topological polar surface area (TPSA) is 97.0 Å². The minimum atomic E-state index is -0.535. The number of carbonyl (C=O) groups excluding carboxylic acids is 3. The molecule has 248 valence electrons. The van der Waals surface area contributed by atoms with Crippen molar-refractivity contribution in [2.45, 2.75) is 23.5 Å². The highest BCUT2D eigenvalue weighted by molar-refractivity contribution is 8.00. The molecule has 2 N–H and O–H groups in total. The molecule has 5 aromatic rings. The van der Waals surface area contributed by atoms with Crippen LogP contribution in [0.4, 0.5) is 17.1 Å². The molecule has 1 atom stereocenters. The largest absolute Gasteiger partial charge is 0.497 e. The molecule has 0 radical (unpaired) electrons. The van der Waals surface area contributed by atoms with Crippen LogP contribution in [0.1, 0.15) is 29.3 Å². The van der Waals surface area contributed by atoms with Crippen LogP contribution in [0.5, 0.6) is 11.5 Å². The number of carbonyl (C=O) groups is 3. The van der Waals surface area contributed by atoms with E-state index in [1.165, 1.54) is 18.9 Å². The van der Waals surface area contributed by atoms with Gasteiger partial charge in [-0.1, -0.05) is 67.6 Å². The maximum Gasteiger partial charge on any atom is 0.272 e. The van der Waals surface area contributed by atoms with E-state index in [4.69, 9.17) is 9.47 Å². The molecule has 0 heterocycles. The number of anilines is 3. The first kappa shape index (κ1) is 34.5. The van der Waals surface area contributed by atoms with Crippen LogP contribution >= 0.6 is 11.8 Å². The molecule has 0 fully saturated rings. The molecular formula is C40H37N3O5S. The van der Waals surface area contributed by atoms with Gasteiger partial charge in [0.15, 0.2) is 0 Å². The molecule has 0 spiro atoms. The number of methoxy groups -OCH3 is 2. The van der Waals surface area contributed by atoms with Crippen molar-refractivity contribution in [2.24, 2.45) is 0 Å². The van der Waals surface area contributed by atoms with Crippen molar-refractivity contribution in [3.63, 3.8) is 0 Å². The Bertz CT molecular complexity index is 1880. The predicted molar refractivity (Wildman–Crippen MR) is 196 cm³/mol. The van der Waals surface area contributed by atoms with Crippen molar-refractivity contribution < 1.29 is 23.9 Å². The number of hydrogen-bond acceptors (Lipinski definition) is 6. The zero-order chi connectivity index (χ0) is 34.6. The second-order valence-electron chi connectivity index (χ2n) is 10.8. The summed E-state index contributed by atoms with van der Waals surface area (Å²) in [4.78, 5) is 43.6. The Hall–Kier alpha value is -5.80. The minimum absolute atomic E-state index is 0.0124. The Kier molecular flexibility index (Phi) is 11.9. The first-order valence-electron chi connectivity index (χ1n) is 15.7. The second-order valence-corrected chi connectivity index (χ2v) is 12.1. The van der Waals surface area contributed by atoms with E-state index in [1.807, 2.05) is 91.9 Å². The molecule has 0 saturated carbocycles. The third-order valence-corrected chi connectivity index (χ3v) is 8.88. The number of hydrogen-bond donors (Lipinski definition) is 2. The maximum atomic E-state index is 14.1. The van der Waals surface area contributed by atoms with Gasteiger partial charge >= 0.3 is 0 Å². The highest BCUT2D eigenvalue weighted by atomic mass is 32.2. The Morgan fingerprint density at radius 2 is 1.39 bits per heavy atom. The monoisotopic (exact) mass is 671 g/mol. The van der Waals surface area contributed by atoms with Crippen LogP contribution in [0, 0.1) is 0 Å². The van der Waals surface area contributed by atoms with Gasteiger partial charge in [0.05, 0.1) is 19.5 Å². The first-order valence-corrected chi connectivity index (χ1v) is 16.6. The number of thioether (sulfide) groups is 1. The molecule has 1 unspecified atom stereocenters. The standard InChI is InChI=1S/C40H37N3O5S/c1-4-37(40(46)43(31-18-10-6-11-19-31)32-20-12-7-13-21-32)49-34-22-14-17-30(26-34)41-39(45)35(42-38(44)28-15-8-5-9-16-28)25-29-23-24-33(47-2)27-36(29)48-3/h5-27,37H,4H2,1-3H3,(H,41,45)(H,42,44)/b35-25+. The summed E-state index contributed by atoms with van der Waals surface area (Å²) >= 11 is 1.43. The summed E-state index contributed by atoms with van der Waals surface area (Å²) in [7, 11) is 3.07. The van der Waals surface area contributed by atoms with Gasteiger partial charge in [0, 0.05) is 39.2 Å². The van der Waals surface area contributed by atoms with Crippen LogP contribution in [-0.4, -0.2) is 37.2 Å². The van der Waals surface area contributed by atoms with Gasteiger partial charge in [0.2, 0.25) is 5.91 Å². The van der Waals surface area contributed by atoms with Crippen molar-refractivity contribution in [1.82, 2.24) is 5.32 Å². The van der Waals surface area contributed by atoms with Crippen LogP contribution in [0.2, 0.25) is 0 Å². The van der Waals surface area contributed by atoms with E-state index < -0.39 is 17.1 Å². The quantitative estimate of drug-likeness (QED) is 0.0965. The van der Waals surface area contributed by atoms with Gasteiger partial charge in [-0.15, -0.1) is 11.8 Å². The van der Waals surface area contributed by atoms with Crippen LogP contribution < -0.4 is 25.0 Å². The van der Waals surface area contributed by atoms with Crippen LogP contribution in [0.25, 0.3) is 6.08 Å². The van der Waals surface area contributed by atoms with Crippen LogP contribution in [0.15, 0.2) is 144 Å². The van der Waals surface area contributed by atoms with Crippen molar-refractivity contribution >= 4 is 52.6 Å². The molecule has 3 amide bonds. The molecule has 0 bridgehead atoms. The number of para-hydroxylation sites is 2. The van der Waals surface area contributed by atoms with Gasteiger partial charge in [-0.05, 0) is 79.2 Å². The summed E-state index contributed by atoms with van der Waals surface area (Å²) in [6.45, 7) is 1.98. The Labute approximate surface area is 290 Å². The second kappa shape index (κ2) is 16.9. The van der Waals surface area contributed by atoms with Gasteiger partial charge < -0.3 is 20.1 Å². The number of rotatable bonds is 13. The fourth-order valence-electron chi connectivity index (χ4n) is 5.06. The van der Waals surface area contributed by atoms with E-state index in [-0.39, 0.29) is 11.6 Å². The van der Waals surface area contributed by atoms with Crippen LogP contribution in [0.3, 0.4) is 0 Å². The molecule has 9 heteroatoms. The van der Waals surface area contributed by atoms with Crippen molar-refractivity contribution in [1.29, 1.82) is 0 Å². The first-order chi connectivity index (χ1) is 23.9. The zero-order valence-electron chi connectivity index (χ0n) is 27.5. The van der Waals surface area contributed by atoms with Gasteiger partial charge in [0.25, 0.3) is 11.8 Å². The van der Waals surface area contributed by atoms with Crippen molar-refractivity contribution in [3.8, 4) is 11.5 Å². The number of nitrogens with one attached hydrogen (secondary N) is 2. The highest BCUT2D eigenvalue weighted by Gasteiger charge is 2.27. The summed E-state index contributed by atoms with van der Waals surface area (Å²) in [5, 5.41) is 5.27. The average Bonchev–Trinajstić information content (AvgIpc) is 3.15. The molecular weight excluding hydrogens is 635 g/mol. The van der Waals surface area contributed by atoms with E-state index in [9.17, 15) is 14.4 Å². The molecule has 0 saturated heterocycles. The molecule has 5 rings (SSSR count). The molecule has 0 aliphatic carbocycles. The summed E-state index contributed by atoms with van der Waals surface area (Å²) < 4.78 is 10.8. The van der Waals surface area contributed by atoms with E-state index in [0.29, 0.717) is 34.7 Å². The minimum Gasteiger partial charge on any atom is -0.497 e. The Balaban J connectivity index is 1.39. The average molecular weight is 672 g/mol. The van der Waals surface area contributed by atoms with Gasteiger partial charge in [-0.25, -0.2) is 0 Å². The molecule has 49 heavy (non-hydrogen) atoms. The molecule has 0 aromatic heterocycles. The summed E-state index contributed by atoms with van der Waals surface area (Å²) in [6, 6.07) is 40.3. The van der Waals surface area contributed by atoms with E-state index in [1.54, 1.807) is 66.6 Å². The fraction of sp³-hybridized carbons (Fsp3) is 0.125. The lowest BCUT2D eigenvalue weighted by molar-refractivity contribution is -0.117. The van der Waals surface area contributed by atoms with Gasteiger partial charge in [-0.3, -0.25) is 19.3 Å². The molecule has 0 aliphatic heterocycles. The number of nitrogens with zero attached hydrogens (tertiary/aromatic N) is 1. The lowest BCUT2D eigenvalue weighted by atomic mass is 10.1. The SMILES string of the molecule is CCC(Sc1cccc(NC(=O)/C(=C\c2ccc(OC)cc2OC)NC(=O)c2ccccc2)c1)C(=O)N(c1ccccc1)c1ccccc1. The van der Waals surface area contributed by atoms with Gasteiger partial charge in [0.1, 0.15) is 17.2 Å². The highest BCUT2D eigenvalue weighted by Crippen LogP contribution is 2.34. The molecule has 0 aliphatic rings. The number of benzene rings is 5. The normalized spacial score (nSPS) is 11.6. The predicted octanol–water partition coefficient (Wildman–Crippen LogP) is 8.35. The fourth-order valence-corrected chi connectivity index (χ4v) is 6.11. The molecule has 5 aromatic carbocycles. The van der Waals surface area contributed by atoms with E-state index >= 15 is 0 Å². The van der Waals surface area contributed by atoms with Gasteiger partial charge in [-0.2, -0.15) is 0 Å². The maximum absolute atomic E-state index is 14.1. The Morgan fingerprint density at radius 3 is 1.98 bits per heavy atom. The van der Waals surface area contributed by atoms with Crippen LogP contribution in [-0.2, 0) is 9.59 Å². The van der Waals surface area contributed by atoms with E-state index in [2.05, 4.69) is 10.6 Å². The summed E-state index contributed by atoms with van der Waals surface area (Å²) in [5.74, 6) is 0.0207. The zero-order valence-corrected chi connectivity index (χ0v) is 28.3. The summed E-state index contributed by atoms with van der Waals surface area (Å²) in [5.41, 5.74) is 3.04. The third-order valence-electron chi connectivity index (χ3n) is 7.53. The number of amides is 3. The Morgan fingerprint density at radius 1 is 0.755 bits per heavy atom. The summed E-state index contributed by atoms with van der Waals surface area (Å²) in [6.07, 6.45) is 2.14. The lowest BCUT2D eigenvalue weighted by Crippen LogP contribution is -2.34. The van der Waals surface area contributed by atoms with Crippen molar-refractivity contribution in [2.75, 3.05) is 24.4 Å². The lowest BCUT2D eigenvalue weighted by Gasteiger charge is -2.27. The third kappa shape index (κ3) is 8.97. The molecule has 8 nitrogen and oxygen atoms in total. The van der Waals surface area contributed by atoms with Crippen molar-refractivity contribution in [3.05, 3.63) is 150 Å².